The fraction of sp³-hybridized carbons (Fsp3) is 0.115. The summed E-state index contributed by atoms with van der Waals surface area (Å²) < 4.78 is 27.2. The number of carbonyl (C=O) groups excluding carboxylic acids is 1. The van der Waals surface area contributed by atoms with Crippen molar-refractivity contribution in [1.82, 2.24) is 0 Å². The van der Waals surface area contributed by atoms with Crippen molar-refractivity contribution in [2.45, 2.75) is 30.6 Å². The van der Waals surface area contributed by atoms with E-state index in [2.05, 4.69) is 5.32 Å². The van der Waals surface area contributed by atoms with E-state index in [4.69, 9.17) is 5.73 Å². The number of ketones is 1. The number of nitrogens with one attached hydrogen (secondary N) is 1. The smallest absolute Gasteiger partial charge is 0.211 e. The first-order valence-corrected chi connectivity index (χ1v) is 12.7. The minimum absolute atomic E-state index is 0.0396. The van der Waals surface area contributed by atoms with Crippen LogP contribution in [0.15, 0.2) is 82.6 Å². The lowest BCUT2D eigenvalue weighted by atomic mass is 10.1. The summed E-state index contributed by atoms with van der Waals surface area (Å²) >= 11 is 1.06. The average Bonchev–Trinajstić information content (AvgIpc) is 3.13. The molecule has 0 aliphatic carbocycles. The summed E-state index contributed by atoms with van der Waals surface area (Å²) in [6.07, 6.45) is 0. The number of nitrogen functional groups attached to an aromatic ring is 1. The number of sulfone groups is 1. The molecule has 5 nitrogen and oxygen atoms in total. The Kier molecular flexibility index (Phi) is 6.10. The summed E-state index contributed by atoms with van der Waals surface area (Å²) in [5, 5.41) is 3.56. The zero-order chi connectivity index (χ0) is 23.8. The Morgan fingerprint density at radius 1 is 0.879 bits per heavy atom. The highest BCUT2D eigenvalue weighted by Gasteiger charge is 2.31. The molecule has 4 aromatic rings. The molecule has 0 saturated carbocycles. The van der Waals surface area contributed by atoms with E-state index in [1.165, 1.54) is 12.1 Å². The normalized spacial score (nSPS) is 11.4. The summed E-state index contributed by atoms with van der Waals surface area (Å²) in [6, 6.07) is 21.1. The molecule has 0 amide bonds. The van der Waals surface area contributed by atoms with E-state index in [1.807, 2.05) is 51.1 Å². The molecule has 168 valence electrons. The molecule has 0 atom stereocenters. The van der Waals surface area contributed by atoms with Gasteiger partial charge in [0.05, 0.1) is 10.6 Å². The van der Waals surface area contributed by atoms with Gasteiger partial charge in [-0.2, -0.15) is 0 Å². The molecule has 0 aliphatic rings. The van der Waals surface area contributed by atoms with Crippen LogP contribution in [0.25, 0.3) is 0 Å². The van der Waals surface area contributed by atoms with Gasteiger partial charge in [0.15, 0.2) is 0 Å². The van der Waals surface area contributed by atoms with Crippen LogP contribution in [0, 0.1) is 20.8 Å². The van der Waals surface area contributed by atoms with Crippen LogP contribution in [-0.4, -0.2) is 14.2 Å². The Hall–Kier alpha value is -3.42. The van der Waals surface area contributed by atoms with Crippen LogP contribution in [0.5, 0.6) is 0 Å². The van der Waals surface area contributed by atoms with E-state index in [-0.39, 0.29) is 26.1 Å². The van der Waals surface area contributed by atoms with Gasteiger partial charge in [-0.25, -0.2) is 8.42 Å². The third-order valence-electron chi connectivity index (χ3n) is 5.38. The molecule has 33 heavy (non-hydrogen) atoms. The maximum Gasteiger partial charge on any atom is 0.211 e. The number of rotatable bonds is 6. The molecule has 1 heterocycles. The van der Waals surface area contributed by atoms with Crippen molar-refractivity contribution < 1.29 is 13.2 Å². The molecule has 0 unspecified atom stereocenters. The minimum Gasteiger partial charge on any atom is -0.396 e. The Balaban J connectivity index is 1.90. The maximum absolute atomic E-state index is 13.6. The Morgan fingerprint density at radius 3 is 2.18 bits per heavy atom. The molecular weight excluding hydrogens is 452 g/mol. The molecule has 0 spiro atoms. The number of hydrogen-bond acceptors (Lipinski definition) is 6. The summed E-state index contributed by atoms with van der Waals surface area (Å²) in [7, 11) is -3.97. The number of hydrogen-bond donors (Lipinski definition) is 2. The standard InChI is InChI=1S/C26H24N2O3S2/c1-16-10-13-19(14-11-16)23(29)24-22(27)25(33(30,31)20-7-5-4-6-8-20)26(32-24)28-21-15-17(2)9-12-18(21)3/h4-15,28H,27H2,1-3H3. The van der Waals surface area contributed by atoms with Crippen LogP contribution < -0.4 is 11.1 Å². The van der Waals surface area contributed by atoms with Gasteiger partial charge < -0.3 is 11.1 Å². The maximum atomic E-state index is 13.6. The minimum atomic E-state index is -3.97. The first-order chi connectivity index (χ1) is 15.7. The zero-order valence-corrected chi connectivity index (χ0v) is 20.2. The van der Waals surface area contributed by atoms with Gasteiger partial charge in [0.25, 0.3) is 0 Å². The number of benzene rings is 3. The summed E-state index contributed by atoms with van der Waals surface area (Å²) in [5.41, 5.74) is 10.6. The van der Waals surface area contributed by atoms with E-state index in [9.17, 15) is 13.2 Å². The second-order valence-corrected chi connectivity index (χ2v) is 10.9. The van der Waals surface area contributed by atoms with Gasteiger partial charge in [0.1, 0.15) is 14.8 Å². The van der Waals surface area contributed by atoms with Gasteiger partial charge in [-0.05, 0) is 50.1 Å². The van der Waals surface area contributed by atoms with E-state index >= 15 is 0 Å². The topological polar surface area (TPSA) is 89.3 Å². The molecule has 0 bridgehead atoms. The van der Waals surface area contributed by atoms with Crippen molar-refractivity contribution in [1.29, 1.82) is 0 Å². The molecule has 0 fully saturated rings. The van der Waals surface area contributed by atoms with Crippen molar-refractivity contribution >= 4 is 43.3 Å². The van der Waals surface area contributed by atoms with E-state index < -0.39 is 9.84 Å². The fourth-order valence-electron chi connectivity index (χ4n) is 3.49. The second kappa shape index (κ2) is 8.84. The lowest BCUT2D eigenvalue weighted by Crippen LogP contribution is -2.08. The van der Waals surface area contributed by atoms with E-state index in [1.54, 1.807) is 30.3 Å². The van der Waals surface area contributed by atoms with Crippen LogP contribution in [0.4, 0.5) is 16.4 Å². The predicted molar refractivity (Wildman–Crippen MR) is 134 cm³/mol. The van der Waals surface area contributed by atoms with Crippen molar-refractivity contribution in [3.05, 3.63) is 99.9 Å². The number of aryl methyl sites for hydroxylation is 3. The molecule has 0 saturated heterocycles. The fourth-order valence-corrected chi connectivity index (χ4v) is 6.44. The zero-order valence-electron chi connectivity index (χ0n) is 18.5. The number of anilines is 3. The summed E-state index contributed by atoms with van der Waals surface area (Å²) in [4.78, 5) is 13.5. The number of nitrogens with two attached hydrogens (primary N) is 1. The Bertz CT molecular complexity index is 1440. The number of carbonyl (C=O) groups is 1. The average molecular weight is 477 g/mol. The first kappa shape index (κ1) is 22.8. The highest BCUT2D eigenvalue weighted by molar-refractivity contribution is 7.92. The largest absolute Gasteiger partial charge is 0.396 e. The van der Waals surface area contributed by atoms with Gasteiger partial charge in [0, 0.05) is 11.3 Å². The van der Waals surface area contributed by atoms with Crippen molar-refractivity contribution in [3.8, 4) is 0 Å². The monoisotopic (exact) mass is 476 g/mol. The summed E-state index contributed by atoms with van der Waals surface area (Å²) in [5.74, 6) is -0.309. The quantitative estimate of drug-likeness (QED) is 0.330. The first-order valence-electron chi connectivity index (χ1n) is 10.4. The molecule has 1 aromatic heterocycles. The molecule has 0 radical (unpaired) electrons. The Morgan fingerprint density at radius 2 is 1.52 bits per heavy atom. The van der Waals surface area contributed by atoms with E-state index in [0.29, 0.717) is 10.6 Å². The third kappa shape index (κ3) is 4.42. The predicted octanol–water partition coefficient (Wildman–Crippen LogP) is 6.06. The van der Waals surface area contributed by atoms with Crippen molar-refractivity contribution in [3.63, 3.8) is 0 Å². The highest BCUT2D eigenvalue weighted by atomic mass is 32.2. The molecule has 0 aliphatic heterocycles. The third-order valence-corrected chi connectivity index (χ3v) is 8.49. The van der Waals surface area contributed by atoms with Gasteiger partial charge >= 0.3 is 0 Å². The lowest BCUT2D eigenvalue weighted by molar-refractivity contribution is 0.104. The molecule has 4 rings (SSSR count). The lowest BCUT2D eigenvalue weighted by Gasteiger charge is -2.12. The highest BCUT2D eigenvalue weighted by Crippen LogP contribution is 2.44. The molecular formula is C26H24N2O3S2. The second-order valence-electron chi connectivity index (χ2n) is 7.96. The molecule has 3 N–H and O–H groups in total. The number of thiophene rings is 1. The van der Waals surface area contributed by atoms with Gasteiger partial charge in [0.2, 0.25) is 15.6 Å². The van der Waals surface area contributed by atoms with E-state index in [0.717, 1.165) is 33.7 Å². The van der Waals surface area contributed by atoms with Crippen molar-refractivity contribution in [2.24, 2.45) is 0 Å². The van der Waals surface area contributed by atoms with Crippen molar-refractivity contribution in [2.75, 3.05) is 11.1 Å². The Labute approximate surface area is 197 Å². The van der Waals surface area contributed by atoms with Gasteiger partial charge in [-0.1, -0.05) is 60.2 Å². The van der Waals surface area contributed by atoms with Crippen LogP contribution in [0.1, 0.15) is 31.9 Å². The molecule has 3 aromatic carbocycles. The van der Waals surface area contributed by atoms with Crippen LogP contribution in [0.2, 0.25) is 0 Å². The van der Waals surface area contributed by atoms with Gasteiger partial charge in [-0.3, -0.25) is 4.79 Å². The van der Waals surface area contributed by atoms with Crippen LogP contribution in [0.3, 0.4) is 0 Å². The summed E-state index contributed by atoms with van der Waals surface area (Å²) in [6.45, 7) is 5.83. The SMILES string of the molecule is Cc1ccc(C(=O)c2sc(Nc3cc(C)ccc3C)c(S(=O)(=O)c3ccccc3)c2N)cc1. The molecule has 7 heteroatoms. The van der Waals surface area contributed by atoms with Gasteiger partial charge in [-0.15, -0.1) is 11.3 Å². The van der Waals surface area contributed by atoms with Crippen LogP contribution in [-0.2, 0) is 9.84 Å². The van der Waals surface area contributed by atoms with Crippen LogP contribution >= 0.6 is 11.3 Å².